The van der Waals surface area contributed by atoms with Crippen LogP contribution >= 0.6 is 22.3 Å². The van der Waals surface area contributed by atoms with Crippen LogP contribution < -0.4 is 4.74 Å². The molecule has 1 aromatic rings. The lowest BCUT2D eigenvalue weighted by Crippen LogP contribution is -2.04. The number of rotatable bonds is 4. The van der Waals surface area contributed by atoms with Crippen LogP contribution in [0.3, 0.4) is 0 Å². The smallest absolute Gasteiger partial charge is 0.264 e. The summed E-state index contributed by atoms with van der Waals surface area (Å²) in [4.78, 5) is -0.932. The first-order chi connectivity index (χ1) is 8.27. The molecular weight excluding hydrogens is 309 g/mol. The minimum atomic E-state index is -4.34. The van der Waals surface area contributed by atoms with E-state index in [-0.39, 0.29) is 6.61 Å². The Balaban J connectivity index is 3.09. The Kier molecular flexibility index (Phi) is 4.95. The summed E-state index contributed by atoms with van der Waals surface area (Å²) in [5.74, 6) is -3.41. The lowest BCUT2D eigenvalue weighted by molar-refractivity contribution is 0.322. The zero-order chi connectivity index (χ0) is 13.9. The number of hydrogen-bond acceptors (Lipinski definition) is 3. The minimum Gasteiger partial charge on any atom is -0.486 e. The molecule has 0 fully saturated rings. The molecule has 8 heteroatoms. The highest BCUT2D eigenvalue weighted by atomic mass is 35.7. The van der Waals surface area contributed by atoms with Crippen molar-refractivity contribution >= 4 is 31.3 Å². The number of ether oxygens (including phenoxy) is 1. The van der Waals surface area contributed by atoms with E-state index in [4.69, 9.17) is 27.0 Å². The predicted molar refractivity (Wildman–Crippen MR) is 64.5 cm³/mol. The average molecular weight is 317 g/mol. The Morgan fingerprint density at radius 2 is 2.00 bits per heavy atom. The summed E-state index contributed by atoms with van der Waals surface area (Å²) in [6.45, 7) is 1.58. The van der Waals surface area contributed by atoms with Crippen molar-refractivity contribution in [3.63, 3.8) is 0 Å². The molecule has 0 saturated carbocycles. The minimum absolute atomic E-state index is 0.0488. The van der Waals surface area contributed by atoms with Crippen LogP contribution in [0.5, 0.6) is 5.75 Å². The van der Waals surface area contributed by atoms with E-state index >= 15 is 0 Å². The molecule has 0 aliphatic rings. The molecule has 1 aromatic carbocycles. The van der Waals surface area contributed by atoms with Crippen molar-refractivity contribution in [3.05, 3.63) is 34.9 Å². The zero-order valence-corrected chi connectivity index (χ0v) is 11.4. The van der Waals surface area contributed by atoms with Gasteiger partial charge in [0, 0.05) is 16.2 Å². The highest BCUT2D eigenvalue weighted by Gasteiger charge is 2.22. The second-order valence-corrected chi connectivity index (χ2v) is 6.12. The van der Waals surface area contributed by atoms with Gasteiger partial charge in [0.2, 0.25) is 5.82 Å². The molecule has 0 aliphatic heterocycles. The summed E-state index contributed by atoms with van der Waals surface area (Å²) in [5, 5.41) is 0. The number of halogens is 4. The topological polar surface area (TPSA) is 43.4 Å². The van der Waals surface area contributed by atoms with Gasteiger partial charge in [0.05, 0.1) is 0 Å². The first-order valence-corrected chi connectivity index (χ1v) is 7.33. The van der Waals surface area contributed by atoms with Crippen LogP contribution in [0.2, 0.25) is 0 Å². The van der Waals surface area contributed by atoms with Gasteiger partial charge in [-0.2, -0.15) is 4.39 Å². The van der Waals surface area contributed by atoms with Crippen LogP contribution in [0, 0.1) is 11.6 Å². The molecule has 0 atom stereocenters. The molecule has 0 heterocycles. The largest absolute Gasteiger partial charge is 0.486 e. The average Bonchev–Trinajstić information content (AvgIpc) is 2.28. The second kappa shape index (κ2) is 5.86. The molecule has 0 amide bonds. The maximum atomic E-state index is 13.5. The molecule has 0 N–H and O–H groups in total. The normalized spacial score (nSPS) is 12.6. The highest BCUT2D eigenvalue weighted by Crippen LogP contribution is 2.27. The van der Waals surface area contributed by atoms with Gasteiger partial charge in [-0.25, -0.2) is 12.8 Å². The standard InChI is InChI=1S/C10H8Cl2F2O3S/c1-6(4-11)5-17-7-2-3-8(18(12,15)16)10(14)9(7)13/h2-4H,5H2,1H3/b6-4-. The van der Waals surface area contributed by atoms with Gasteiger partial charge in [-0.1, -0.05) is 11.6 Å². The van der Waals surface area contributed by atoms with Crippen molar-refractivity contribution in [3.8, 4) is 5.75 Å². The molecule has 0 radical (unpaired) electrons. The number of hydrogen-bond donors (Lipinski definition) is 0. The van der Waals surface area contributed by atoms with E-state index in [2.05, 4.69) is 0 Å². The van der Waals surface area contributed by atoms with Gasteiger partial charge in [-0.05, 0) is 24.6 Å². The first kappa shape index (κ1) is 15.2. The highest BCUT2D eigenvalue weighted by molar-refractivity contribution is 8.13. The summed E-state index contributed by atoms with van der Waals surface area (Å²) in [5.41, 5.74) is 1.82. The van der Waals surface area contributed by atoms with E-state index < -0.39 is 31.3 Å². The lowest BCUT2D eigenvalue weighted by atomic mass is 10.3. The molecule has 0 aromatic heterocycles. The van der Waals surface area contributed by atoms with Crippen LogP contribution in [0.25, 0.3) is 0 Å². The Morgan fingerprint density at radius 3 is 2.50 bits per heavy atom. The summed E-state index contributed by atoms with van der Waals surface area (Å²) in [7, 11) is 0.597. The SMILES string of the molecule is C/C(=C/Cl)COc1ccc(S(=O)(=O)Cl)c(F)c1F. The van der Waals surface area contributed by atoms with E-state index in [0.717, 1.165) is 12.1 Å². The van der Waals surface area contributed by atoms with Crippen LogP contribution in [0.15, 0.2) is 28.1 Å². The monoisotopic (exact) mass is 316 g/mol. The van der Waals surface area contributed by atoms with Crippen molar-refractivity contribution in [1.29, 1.82) is 0 Å². The summed E-state index contributed by atoms with van der Waals surface area (Å²) in [6.07, 6.45) is 0. The molecule has 0 saturated heterocycles. The molecule has 0 spiro atoms. The molecule has 0 bridgehead atoms. The maximum Gasteiger partial charge on any atom is 0.264 e. The Bertz CT molecular complexity index is 585. The van der Waals surface area contributed by atoms with E-state index in [9.17, 15) is 17.2 Å². The fourth-order valence-corrected chi connectivity index (χ4v) is 1.99. The molecular formula is C10H8Cl2F2O3S. The fraction of sp³-hybridized carbons (Fsp3) is 0.200. The van der Waals surface area contributed by atoms with Gasteiger partial charge in [0.1, 0.15) is 11.5 Å². The van der Waals surface area contributed by atoms with Crippen LogP contribution in [0.1, 0.15) is 6.92 Å². The molecule has 1 rings (SSSR count). The van der Waals surface area contributed by atoms with Crippen molar-refractivity contribution in [2.75, 3.05) is 6.61 Å². The van der Waals surface area contributed by atoms with Crippen LogP contribution in [-0.2, 0) is 9.05 Å². The lowest BCUT2D eigenvalue weighted by Gasteiger charge is -2.08. The molecule has 3 nitrogen and oxygen atoms in total. The van der Waals surface area contributed by atoms with Gasteiger partial charge in [0.25, 0.3) is 9.05 Å². The Morgan fingerprint density at radius 1 is 1.39 bits per heavy atom. The first-order valence-electron chi connectivity index (χ1n) is 4.58. The van der Waals surface area contributed by atoms with E-state index in [1.54, 1.807) is 6.92 Å². The quantitative estimate of drug-likeness (QED) is 0.799. The fourth-order valence-electron chi connectivity index (χ4n) is 1.04. The zero-order valence-electron chi connectivity index (χ0n) is 9.08. The van der Waals surface area contributed by atoms with Gasteiger partial charge in [-0.3, -0.25) is 0 Å². The van der Waals surface area contributed by atoms with Gasteiger partial charge < -0.3 is 4.74 Å². The van der Waals surface area contributed by atoms with Crippen LogP contribution in [-0.4, -0.2) is 15.0 Å². The second-order valence-electron chi connectivity index (χ2n) is 3.37. The summed E-state index contributed by atoms with van der Waals surface area (Å²) in [6, 6.07) is 1.81. The molecule has 0 unspecified atom stereocenters. The third kappa shape index (κ3) is 3.57. The van der Waals surface area contributed by atoms with E-state index in [1.165, 1.54) is 5.54 Å². The number of benzene rings is 1. The Labute approximate surface area is 112 Å². The van der Waals surface area contributed by atoms with Gasteiger partial charge in [-0.15, -0.1) is 0 Å². The van der Waals surface area contributed by atoms with Gasteiger partial charge in [0.15, 0.2) is 11.6 Å². The van der Waals surface area contributed by atoms with Crippen LogP contribution in [0.4, 0.5) is 8.78 Å². The maximum absolute atomic E-state index is 13.5. The van der Waals surface area contributed by atoms with Crippen molar-refractivity contribution < 1.29 is 21.9 Å². The van der Waals surface area contributed by atoms with Crippen molar-refractivity contribution in [2.24, 2.45) is 0 Å². The predicted octanol–water partition coefficient (Wildman–Crippen LogP) is 3.41. The molecule has 18 heavy (non-hydrogen) atoms. The van der Waals surface area contributed by atoms with Gasteiger partial charge >= 0.3 is 0 Å². The molecule has 0 aliphatic carbocycles. The Hall–Kier alpha value is -0.850. The van der Waals surface area contributed by atoms with E-state index in [0.29, 0.717) is 5.57 Å². The summed E-state index contributed by atoms with van der Waals surface area (Å²) >= 11 is 5.37. The summed E-state index contributed by atoms with van der Waals surface area (Å²) < 4.78 is 53.7. The van der Waals surface area contributed by atoms with Crippen molar-refractivity contribution in [1.82, 2.24) is 0 Å². The third-order valence-corrected chi connectivity index (χ3v) is 3.63. The third-order valence-electron chi connectivity index (χ3n) is 1.92. The molecule has 100 valence electrons. The van der Waals surface area contributed by atoms with Crippen molar-refractivity contribution in [2.45, 2.75) is 11.8 Å². The van der Waals surface area contributed by atoms with E-state index in [1.807, 2.05) is 0 Å².